The standard InChI is InChI=1S/C16H14N2O4/c1-22-13-7-5-12(6-8-13)16(19)17-10-9-11-3-2-4-14(15(11)17)18(20)21/h2-8H,9-10H2,1H3. The highest BCUT2D eigenvalue weighted by atomic mass is 16.6. The zero-order chi connectivity index (χ0) is 15.7. The van der Waals surface area contributed by atoms with Gasteiger partial charge in [0.05, 0.1) is 12.0 Å². The Bertz CT molecular complexity index is 740. The molecule has 1 aliphatic rings. The van der Waals surface area contributed by atoms with Crippen molar-refractivity contribution in [2.24, 2.45) is 0 Å². The summed E-state index contributed by atoms with van der Waals surface area (Å²) in [4.78, 5) is 24.9. The lowest BCUT2D eigenvalue weighted by Gasteiger charge is -2.17. The van der Waals surface area contributed by atoms with Crippen LogP contribution in [0.15, 0.2) is 42.5 Å². The molecule has 2 aromatic carbocycles. The number of carbonyl (C=O) groups is 1. The minimum Gasteiger partial charge on any atom is -0.497 e. The third-order valence-electron chi connectivity index (χ3n) is 3.75. The monoisotopic (exact) mass is 298 g/mol. The summed E-state index contributed by atoms with van der Waals surface area (Å²) in [6.07, 6.45) is 0.624. The van der Waals surface area contributed by atoms with Crippen molar-refractivity contribution in [3.05, 3.63) is 63.7 Å². The fraction of sp³-hybridized carbons (Fsp3) is 0.188. The third kappa shape index (κ3) is 2.28. The quantitative estimate of drug-likeness (QED) is 0.645. The van der Waals surface area contributed by atoms with Crippen molar-refractivity contribution < 1.29 is 14.5 Å². The molecule has 0 unspecified atom stereocenters. The lowest BCUT2D eigenvalue weighted by atomic mass is 10.1. The van der Waals surface area contributed by atoms with Gasteiger partial charge in [-0.1, -0.05) is 12.1 Å². The molecular weight excluding hydrogens is 284 g/mol. The molecule has 6 nitrogen and oxygen atoms in total. The molecule has 0 bridgehead atoms. The van der Waals surface area contributed by atoms with E-state index in [9.17, 15) is 14.9 Å². The van der Waals surface area contributed by atoms with Crippen molar-refractivity contribution in [2.45, 2.75) is 6.42 Å². The second-order valence-electron chi connectivity index (χ2n) is 4.98. The number of benzene rings is 2. The van der Waals surface area contributed by atoms with Gasteiger partial charge in [-0.05, 0) is 36.2 Å². The highest BCUT2D eigenvalue weighted by Crippen LogP contribution is 2.37. The molecular formula is C16H14N2O4. The minimum atomic E-state index is -0.446. The summed E-state index contributed by atoms with van der Waals surface area (Å²) < 4.78 is 5.07. The highest BCUT2D eigenvalue weighted by Gasteiger charge is 2.32. The Labute approximate surface area is 127 Å². The van der Waals surface area contributed by atoms with E-state index in [1.807, 2.05) is 6.07 Å². The van der Waals surface area contributed by atoms with Crippen LogP contribution in [-0.2, 0) is 6.42 Å². The first-order valence-corrected chi connectivity index (χ1v) is 6.84. The first kappa shape index (κ1) is 14.1. The number of amides is 1. The SMILES string of the molecule is COc1ccc(C(=O)N2CCc3cccc([N+](=O)[O-])c32)cc1. The van der Waals surface area contributed by atoms with Gasteiger partial charge in [0, 0.05) is 18.2 Å². The van der Waals surface area contributed by atoms with Crippen molar-refractivity contribution >= 4 is 17.3 Å². The highest BCUT2D eigenvalue weighted by molar-refractivity contribution is 6.08. The Hall–Kier alpha value is -2.89. The van der Waals surface area contributed by atoms with Gasteiger partial charge in [0.25, 0.3) is 11.6 Å². The molecule has 112 valence electrons. The van der Waals surface area contributed by atoms with Crippen molar-refractivity contribution in [2.75, 3.05) is 18.6 Å². The average molecular weight is 298 g/mol. The smallest absolute Gasteiger partial charge is 0.293 e. The molecule has 6 heteroatoms. The van der Waals surface area contributed by atoms with Crippen molar-refractivity contribution in [3.8, 4) is 5.75 Å². The van der Waals surface area contributed by atoms with Crippen LogP contribution in [0, 0.1) is 10.1 Å². The van der Waals surface area contributed by atoms with Crippen LogP contribution in [0.25, 0.3) is 0 Å². The van der Waals surface area contributed by atoms with E-state index in [1.54, 1.807) is 37.4 Å². The van der Waals surface area contributed by atoms with Crippen LogP contribution >= 0.6 is 0 Å². The van der Waals surface area contributed by atoms with Gasteiger partial charge in [-0.15, -0.1) is 0 Å². The van der Waals surface area contributed by atoms with Gasteiger partial charge in [0.1, 0.15) is 11.4 Å². The second kappa shape index (κ2) is 5.48. The van der Waals surface area contributed by atoms with Crippen molar-refractivity contribution in [3.63, 3.8) is 0 Å². The molecule has 0 saturated carbocycles. The van der Waals surface area contributed by atoms with Crippen molar-refractivity contribution in [1.82, 2.24) is 0 Å². The lowest BCUT2D eigenvalue weighted by Crippen LogP contribution is -2.29. The number of methoxy groups -OCH3 is 1. The number of fused-ring (bicyclic) bond motifs is 1. The van der Waals surface area contributed by atoms with Crippen LogP contribution in [0.4, 0.5) is 11.4 Å². The van der Waals surface area contributed by atoms with Gasteiger partial charge in [-0.2, -0.15) is 0 Å². The normalized spacial score (nSPS) is 12.9. The summed E-state index contributed by atoms with van der Waals surface area (Å²) in [5.74, 6) is 0.417. The Kier molecular flexibility index (Phi) is 3.50. The molecule has 0 saturated heterocycles. The molecule has 0 fully saturated rings. The van der Waals surface area contributed by atoms with Crippen LogP contribution in [0.1, 0.15) is 15.9 Å². The van der Waals surface area contributed by atoms with Crippen LogP contribution in [0.5, 0.6) is 5.75 Å². The fourth-order valence-electron chi connectivity index (χ4n) is 2.68. The third-order valence-corrected chi connectivity index (χ3v) is 3.75. The summed E-state index contributed by atoms with van der Waals surface area (Å²) in [5, 5.41) is 11.2. The molecule has 0 aliphatic carbocycles. The number of nitrogens with zero attached hydrogens (tertiary/aromatic N) is 2. The summed E-state index contributed by atoms with van der Waals surface area (Å²) in [6.45, 7) is 0.449. The number of anilines is 1. The van der Waals surface area contributed by atoms with E-state index in [0.29, 0.717) is 30.0 Å². The zero-order valence-electron chi connectivity index (χ0n) is 12.0. The van der Waals surface area contributed by atoms with Crippen LogP contribution < -0.4 is 9.64 Å². The van der Waals surface area contributed by atoms with Gasteiger partial charge >= 0.3 is 0 Å². The number of hydrogen-bond donors (Lipinski definition) is 0. The van der Waals surface area contributed by atoms with E-state index in [-0.39, 0.29) is 11.6 Å². The summed E-state index contributed by atoms with van der Waals surface area (Å²) in [5.41, 5.74) is 1.69. The van der Waals surface area contributed by atoms with Crippen LogP contribution in [0.3, 0.4) is 0 Å². The largest absolute Gasteiger partial charge is 0.497 e. The molecule has 1 aliphatic heterocycles. The van der Waals surface area contributed by atoms with E-state index in [0.717, 1.165) is 5.56 Å². The molecule has 1 heterocycles. The van der Waals surface area contributed by atoms with E-state index < -0.39 is 4.92 Å². The molecule has 0 spiro atoms. The first-order valence-electron chi connectivity index (χ1n) is 6.84. The first-order chi connectivity index (χ1) is 10.6. The van der Waals surface area contributed by atoms with Gasteiger partial charge in [0.15, 0.2) is 0 Å². The van der Waals surface area contributed by atoms with E-state index in [1.165, 1.54) is 11.0 Å². The molecule has 0 radical (unpaired) electrons. The number of para-hydroxylation sites is 1. The minimum absolute atomic E-state index is 0.0307. The zero-order valence-corrected chi connectivity index (χ0v) is 12.0. The van der Waals surface area contributed by atoms with E-state index >= 15 is 0 Å². The molecule has 3 rings (SSSR count). The Morgan fingerprint density at radius 3 is 2.59 bits per heavy atom. The number of nitro benzene ring substituents is 1. The number of ether oxygens (including phenoxy) is 1. The summed E-state index contributed by atoms with van der Waals surface area (Å²) in [6, 6.07) is 11.6. The van der Waals surface area contributed by atoms with Crippen LogP contribution in [0.2, 0.25) is 0 Å². The molecule has 2 aromatic rings. The average Bonchev–Trinajstić information content (AvgIpc) is 2.98. The Morgan fingerprint density at radius 1 is 1.23 bits per heavy atom. The predicted octanol–water partition coefficient (Wildman–Crippen LogP) is 2.81. The molecule has 0 aromatic heterocycles. The van der Waals surface area contributed by atoms with Gasteiger partial charge in [0.2, 0.25) is 0 Å². The molecule has 22 heavy (non-hydrogen) atoms. The Balaban J connectivity index is 1.98. The number of carbonyl (C=O) groups excluding carboxylic acids is 1. The number of rotatable bonds is 3. The van der Waals surface area contributed by atoms with Gasteiger partial charge in [-0.25, -0.2) is 0 Å². The maximum absolute atomic E-state index is 12.6. The van der Waals surface area contributed by atoms with Crippen LogP contribution in [-0.4, -0.2) is 24.5 Å². The Morgan fingerprint density at radius 2 is 1.95 bits per heavy atom. The predicted molar refractivity (Wildman–Crippen MR) is 81.5 cm³/mol. The maximum Gasteiger partial charge on any atom is 0.293 e. The number of hydrogen-bond acceptors (Lipinski definition) is 4. The fourth-order valence-corrected chi connectivity index (χ4v) is 2.68. The van der Waals surface area contributed by atoms with Gasteiger partial charge < -0.3 is 9.64 Å². The van der Waals surface area contributed by atoms with E-state index in [4.69, 9.17) is 4.74 Å². The van der Waals surface area contributed by atoms with Gasteiger partial charge in [-0.3, -0.25) is 14.9 Å². The molecule has 0 atom stereocenters. The second-order valence-corrected chi connectivity index (χ2v) is 4.98. The maximum atomic E-state index is 12.6. The number of nitro groups is 1. The molecule has 1 amide bonds. The van der Waals surface area contributed by atoms with Crippen molar-refractivity contribution in [1.29, 1.82) is 0 Å². The lowest BCUT2D eigenvalue weighted by molar-refractivity contribution is -0.384. The molecule has 0 N–H and O–H groups in total. The topological polar surface area (TPSA) is 72.7 Å². The summed E-state index contributed by atoms with van der Waals surface area (Å²) in [7, 11) is 1.55. The van der Waals surface area contributed by atoms with E-state index in [2.05, 4.69) is 0 Å². The summed E-state index contributed by atoms with van der Waals surface area (Å²) >= 11 is 0.